The average molecular weight is 596 g/mol. The van der Waals surface area contributed by atoms with Crippen molar-refractivity contribution >= 4 is 40.3 Å². The maximum absolute atomic E-state index is 6.72. The standard InChI is InChI=1S/C41H34BN3O/c1-40(2)24-41(3,4)32-23-36-34(22-31(32)40)42-33-21-29(27-13-9-6-10-14-27)17-20-35(33)45(38-37(42)39(46-36)44-25-43-38)30-18-15-28(16-19-30)26-11-7-5-8-12-26/h5-23,25H,24H2,1-4H3. The lowest BCUT2D eigenvalue weighted by atomic mass is 9.34. The molecule has 1 aromatic heterocycles. The Morgan fingerprint density at radius 2 is 1.24 bits per heavy atom. The Labute approximate surface area is 270 Å². The van der Waals surface area contributed by atoms with Crippen LogP contribution in [0.4, 0.5) is 17.2 Å². The molecule has 2 aliphatic heterocycles. The van der Waals surface area contributed by atoms with E-state index in [0.717, 1.165) is 34.8 Å². The highest BCUT2D eigenvalue weighted by Gasteiger charge is 2.47. The highest BCUT2D eigenvalue weighted by atomic mass is 16.5. The van der Waals surface area contributed by atoms with Crippen molar-refractivity contribution in [1.82, 2.24) is 9.97 Å². The molecule has 0 N–H and O–H groups in total. The van der Waals surface area contributed by atoms with E-state index >= 15 is 0 Å². The molecular formula is C41H34BN3O. The van der Waals surface area contributed by atoms with Gasteiger partial charge in [-0.2, -0.15) is 0 Å². The second kappa shape index (κ2) is 9.67. The van der Waals surface area contributed by atoms with Gasteiger partial charge in [-0.1, -0.05) is 119 Å². The van der Waals surface area contributed by atoms with Gasteiger partial charge < -0.3 is 4.74 Å². The number of hydrogen-bond acceptors (Lipinski definition) is 4. The average Bonchev–Trinajstić information content (AvgIpc) is 3.26. The summed E-state index contributed by atoms with van der Waals surface area (Å²) >= 11 is 0. The summed E-state index contributed by atoms with van der Waals surface area (Å²) in [5, 5.41) is 0. The molecule has 0 saturated carbocycles. The molecule has 0 atom stereocenters. The van der Waals surface area contributed by atoms with Crippen molar-refractivity contribution < 1.29 is 4.74 Å². The first kappa shape index (κ1) is 27.2. The van der Waals surface area contributed by atoms with E-state index in [9.17, 15) is 0 Å². The van der Waals surface area contributed by atoms with Gasteiger partial charge in [0.1, 0.15) is 17.9 Å². The number of rotatable bonds is 3. The third-order valence-corrected chi connectivity index (χ3v) is 10.3. The largest absolute Gasteiger partial charge is 0.440 e. The number of benzene rings is 5. The summed E-state index contributed by atoms with van der Waals surface area (Å²) in [4.78, 5) is 12.0. The zero-order valence-corrected chi connectivity index (χ0v) is 26.6. The summed E-state index contributed by atoms with van der Waals surface area (Å²) < 4.78 is 6.72. The van der Waals surface area contributed by atoms with Gasteiger partial charge in [0.25, 0.3) is 6.71 Å². The molecule has 3 aliphatic rings. The minimum atomic E-state index is -0.0572. The summed E-state index contributed by atoms with van der Waals surface area (Å²) in [5.74, 6) is 2.41. The molecule has 0 radical (unpaired) electrons. The maximum Gasteiger partial charge on any atom is 0.260 e. The van der Waals surface area contributed by atoms with Crippen LogP contribution in [0.5, 0.6) is 11.6 Å². The summed E-state index contributed by atoms with van der Waals surface area (Å²) in [7, 11) is 0. The molecular weight excluding hydrogens is 561 g/mol. The highest BCUT2D eigenvalue weighted by Crippen LogP contribution is 2.51. The van der Waals surface area contributed by atoms with Crippen LogP contribution in [0.25, 0.3) is 22.3 Å². The van der Waals surface area contributed by atoms with E-state index in [1.807, 2.05) is 0 Å². The van der Waals surface area contributed by atoms with E-state index in [1.165, 1.54) is 44.3 Å². The topological polar surface area (TPSA) is 38.3 Å². The summed E-state index contributed by atoms with van der Waals surface area (Å²) in [5.41, 5.74) is 13.3. The van der Waals surface area contributed by atoms with Crippen LogP contribution < -0.4 is 26.0 Å². The van der Waals surface area contributed by atoms with Crippen LogP contribution in [0.2, 0.25) is 0 Å². The van der Waals surface area contributed by atoms with Gasteiger partial charge in [-0.15, -0.1) is 0 Å². The lowest BCUT2D eigenvalue weighted by molar-refractivity contribution is 0.402. The van der Waals surface area contributed by atoms with E-state index in [4.69, 9.17) is 14.7 Å². The van der Waals surface area contributed by atoms with Gasteiger partial charge in [0.2, 0.25) is 5.88 Å². The van der Waals surface area contributed by atoms with Crippen molar-refractivity contribution in [2.45, 2.75) is 44.9 Å². The minimum absolute atomic E-state index is 0.0572. The first-order chi connectivity index (χ1) is 22.3. The predicted octanol–water partition coefficient (Wildman–Crippen LogP) is 8.17. The van der Waals surface area contributed by atoms with Crippen molar-refractivity contribution in [3.05, 3.63) is 133 Å². The highest BCUT2D eigenvalue weighted by molar-refractivity contribution is 6.99. The number of hydrogen-bond donors (Lipinski definition) is 0. The van der Waals surface area contributed by atoms with Gasteiger partial charge in [-0.05, 0) is 85.8 Å². The van der Waals surface area contributed by atoms with Crippen molar-refractivity contribution in [3.63, 3.8) is 0 Å². The molecule has 46 heavy (non-hydrogen) atoms. The molecule has 0 fully saturated rings. The Morgan fingerprint density at radius 1 is 0.630 bits per heavy atom. The van der Waals surface area contributed by atoms with Crippen LogP contribution in [0.15, 0.2) is 122 Å². The molecule has 0 saturated heterocycles. The van der Waals surface area contributed by atoms with Crippen LogP contribution in [0, 0.1) is 0 Å². The Kier molecular flexibility index (Phi) is 5.71. The van der Waals surface area contributed by atoms with Crippen molar-refractivity contribution in [3.8, 4) is 33.9 Å². The van der Waals surface area contributed by atoms with Crippen molar-refractivity contribution in [1.29, 1.82) is 0 Å². The molecule has 6 aromatic rings. The third-order valence-electron chi connectivity index (χ3n) is 10.3. The second-order valence-electron chi connectivity index (χ2n) is 14.2. The number of anilines is 3. The molecule has 222 valence electrons. The molecule has 3 heterocycles. The molecule has 0 spiro atoms. The predicted molar refractivity (Wildman–Crippen MR) is 189 cm³/mol. The van der Waals surface area contributed by atoms with E-state index in [1.54, 1.807) is 6.33 Å². The molecule has 0 unspecified atom stereocenters. The monoisotopic (exact) mass is 595 g/mol. The van der Waals surface area contributed by atoms with Crippen LogP contribution in [0.3, 0.4) is 0 Å². The van der Waals surface area contributed by atoms with Crippen LogP contribution in [-0.4, -0.2) is 16.7 Å². The van der Waals surface area contributed by atoms with Crippen molar-refractivity contribution in [2.75, 3.05) is 4.90 Å². The zero-order chi connectivity index (χ0) is 31.2. The summed E-state index contributed by atoms with van der Waals surface area (Å²) in [6.07, 6.45) is 2.74. The fourth-order valence-electron chi connectivity index (χ4n) is 8.40. The number of ether oxygens (including phenoxy) is 1. The van der Waals surface area contributed by atoms with Crippen LogP contribution in [0.1, 0.15) is 45.2 Å². The first-order valence-corrected chi connectivity index (χ1v) is 16.2. The van der Waals surface area contributed by atoms with Crippen LogP contribution >= 0.6 is 0 Å². The van der Waals surface area contributed by atoms with E-state index in [2.05, 4.69) is 148 Å². The Balaban J connectivity index is 1.28. The van der Waals surface area contributed by atoms with Gasteiger partial charge in [0.15, 0.2) is 0 Å². The molecule has 9 rings (SSSR count). The quantitative estimate of drug-likeness (QED) is 0.193. The molecule has 1 aliphatic carbocycles. The van der Waals surface area contributed by atoms with Crippen molar-refractivity contribution in [2.24, 2.45) is 0 Å². The lowest BCUT2D eigenvalue weighted by Crippen LogP contribution is -2.60. The van der Waals surface area contributed by atoms with Gasteiger partial charge in [-0.3, -0.25) is 4.90 Å². The Bertz CT molecular complexity index is 2160. The fraction of sp³-hybridized carbons (Fsp3) is 0.171. The third kappa shape index (κ3) is 4.01. The Hall–Kier alpha value is -5.16. The Morgan fingerprint density at radius 3 is 1.93 bits per heavy atom. The SMILES string of the molecule is CC1(C)CC(C)(C)c2cc3c(cc21)Oc1ncnc2c1B3c1cc(-c3ccccc3)ccc1N2c1ccc(-c2ccccc2)cc1. The normalized spacial score (nSPS) is 16.2. The molecule has 0 amide bonds. The number of nitrogens with zero attached hydrogens (tertiary/aromatic N) is 3. The molecule has 0 bridgehead atoms. The van der Waals surface area contributed by atoms with Gasteiger partial charge in [0, 0.05) is 16.8 Å². The van der Waals surface area contributed by atoms with Gasteiger partial charge >= 0.3 is 0 Å². The second-order valence-corrected chi connectivity index (χ2v) is 14.2. The summed E-state index contributed by atoms with van der Waals surface area (Å²) in [6.45, 7) is 9.41. The molecule has 4 nitrogen and oxygen atoms in total. The number of aromatic nitrogens is 2. The minimum Gasteiger partial charge on any atom is -0.440 e. The van der Waals surface area contributed by atoms with E-state index in [-0.39, 0.29) is 17.5 Å². The zero-order valence-electron chi connectivity index (χ0n) is 26.6. The van der Waals surface area contributed by atoms with Gasteiger partial charge in [0.05, 0.1) is 0 Å². The van der Waals surface area contributed by atoms with Gasteiger partial charge in [-0.25, -0.2) is 9.97 Å². The number of fused-ring (bicyclic) bond motifs is 5. The lowest BCUT2D eigenvalue weighted by Gasteiger charge is -2.39. The smallest absolute Gasteiger partial charge is 0.260 e. The fourth-order valence-corrected chi connectivity index (χ4v) is 8.40. The van der Waals surface area contributed by atoms with E-state index < -0.39 is 0 Å². The summed E-state index contributed by atoms with van der Waals surface area (Å²) in [6, 6.07) is 41.6. The maximum atomic E-state index is 6.72. The first-order valence-electron chi connectivity index (χ1n) is 16.2. The van der Waals surface area contributed by atoms with E-state index in [0.29, 0.717) is 5.88 Å². The molecule has 5 aromatic carbocycles. The molecule has 5 heteroatoms. The van der Waals surface area contributed by atoms with Crippen LogP contribution in [-0.2, 0) is 10.8 Å².